The molecule has 0 aliphatic heterocycles. The maximum atomic E-state index is 5.19. The number of aromatic nitrogens is 3. The van der Waals surface area contributed by atoms with Gasteiger partial charge >= 0.3 is 0 Å². The lowest BCUT2D eigenvalue weighted by molar-refractivity contribution is 0.110. The Morgan fingerprint density at radius 1 is 1.43 bits per heavy atom. The first-order valence-corrected chi connectivity index (χ1v) is 5.06. The van der Waals surface area contributed by atoms with Crippen molar-refractivity contribution in [2.24, 2.45) is 0 Å². The molecule has 80 valence electrons. The molecular weight excluding hydrogens is 178 g/mol. The zero-order valence-electron chi connectivity index (χ0n) is 9.40. The molecule has 0 saturated heterocycles. The Bertz CT molecular complexity index is 270. The summed E-state index contributed by atoms with van der Waals surface area (Å²) in [6.45, 7) is 6.33. The van der Waals surface area contributed by atoms with E-state index in [2.05, 4.69) is 35.5 Å². The Morgan fingerprint density at radius 3 is 2.71 bits per heavy atom. The smallest absolute Gasteiger partial charge is 0.133 e. The molecule has 0 saturated carbocycles. The van der Waals surface area contributed by atoms with Crippen molar-refractivity contribution in [3.63, 3.8) is 0 Å². The molecule has 1 heterocycles. The van der Waals surface area contributed by atoms with Crippen molar-refractivity contribution in [2.45, 2.75) is 45.8 Å². The fourth-order valence-corrected chi connectivity index (χ4v) is 1.33. The molecule has 1 unspecified atom stereocenters. The summed E-state index contributed by atoms with van der Waals surface area (Å²) in [7, 11) is 1.73. The van der Waals surface area contributed by atoms with Crippen molar-refractivity contribution in [1.82, 2.24) is 14.8 Å². The Kier molecular flexibility index (Phi) is 4.07. The lowest BCUT2D eigenvalue weighted by Gasteiger charge is -2.12. The molecule has 14 heavy (non-hydrogen) atoms. The van der Waals surface area contributed by atoms with Gasteiger partial charge in [0.25, 0.3) is 0 Å². The number of hydrogen-bond donors (Lipinski definition) is 0. The maximum absolute atomic E-state index is 5.19. The minimum Gasteiger partial charge on any atom is -0.382 e. The van der Waals surface area contributed by atoms with Crippen molar-refractivity contribution in [1.29, 1.82) is 0 Å². The van der Waals surface area contributed by atoms with Crippen LogP contribution >= 0.6 is 0 Å². The van der Waals surface area contributed by atoms with Crippen LogP contribution in [0.2, 0.25) is 0 Å². The van der Waals surface area contributed by atoms with Gasteiger partial charge in [-0.2, -0.15) is 0 Å². The normalized spacial score (nSPS) is 13.5. The SMILES string of the molecule is COC(C)CCc1nncn1C(C)C. The average Bonchev–Trinajstić information content (AvgIpc) is 2.62. The topological polar surface area (TPSA) is 39.9 Å². The Hall–Kier alpha value is -0.900. The van der Waals surface area contributed by atoms with Gasteiger partial charge in [-0.15, -0.1) is 10.2 Å². The van der Waals surface area contributed by atoms with Gasteiger partial charge in [-0.1, -0.05) is 0 Å². The molecule has 0 bridgehead atoms. The van der Waals surface area contributed by atoms with Crippen molar-refractivity contribution in [2.75, 3.05) is 7.11 Å². The molecule has 0 aliphatic carbocycles. The van der Waals surface area contributed by atoms with E-state index in [4.69, 9.17) is 4.74 Å². The first-order valence-electron chi connectivity index (χ1n) is 5.06. The van der Waals surface area contributed by atoms with E-state index >= 15 is 0 Å². The summed E-state index contributed by atoms with van der Waals surface area (Å²) in [6, 6.07) is 0.429. The van der Waals surface area contributed by atoms with Gasteiger partial charge in [-0.3, -0.25) is 0 Å². The molecule has 0 aromatic carbocycles. The van der Waals surface area contributed by atoms with Gasteiger partial charge in [0, 0.05) is 19.6 Å². The van der Waals surface area contributed by atoms with E-state index in [1.165, 1.54) is 0 Å². The molecular formula is C10H19N3O. The van der Waals surface area contributed by atoms with E-state index in [-0.39, 0.29) is 6.10 Å². The summed E-state index contributed by atoms with van der Waals surface area (Å²) in [5, 5.41) is 8.02. The highest BCUT2D eigenvalue weighted by Crippen LogP contribution is 2.09. The van der Waals surface area contributed by atoms with Crippen LogP contribution in [0.15, 0.2) is 6.33 Å². The van der Waals surface area contributed by atoms with Gasteiger partial charge in [0.2, 0.25) is 0 Å². The summed E-state index contributed by atoms with van der Waals surface area (Å²) >= 11 is 0. The number of hydrogen-bond acceptors (Lipinski definition) is 3. The maximum Gasteiger partial charge on any atom is 0.133 e. The lowest BCUT2D eigenvalue weighted by atomic mass is 10.2. The van der Waals surface area contributed by atoms with Crippen LogP contribution in [-0.2, 0) is 11.2 Å². The van der Waals surface area contributed by atoms with E-state index < -0.39 is 0 Å². The zero-order valence-corrected chi connectivity index (χ0v) is 9.40. The minimum atomic E-state index is 0.285. The quantitative estimate of drug-likeness (QED) is 0.723. The fourth-order valence-electron chi connectivity index (χ4n) is 1.33. The zero-order chi connectivity index (χ0) is 10.6. The fraction of sp³-hybridized carbons (Fsp3) is 0.800. The van der Waals surface area contributed by atoms with Gasteiger partial charge in [0.1, 0.15) is 12.2 Å². The van der Waals surface area contributed by atoms with E-state index in [1.807, 2.05) is 0 Å². The number of aryl methyl sites for hydroxylation is 1. The molecule has 4 nitrogen and oxygen atoms in total. The lowest BCUT2D eigenvalue weighted by Crippen LogP contribution is -2.10. The highest BCUT2D eigenvalue weighted by atomic mass is 16.5. The third kappa shape index (κ3) is 2.80. The van der Waals surface area contributed by atoms with Gasteiger partial charge in [-0.05, 0) is 27.2 Å². The van der Waals surface area contributed by atoms with Gasteiger partial charge < -0.3 is 9.30 Å². The molecule has 1 aromatic heterocycles. The second-order valence-electron chi connectivity index (χ2n) is 3.83. The van der Waals surface area contributed by atoms with E-state index in [0.717, 1.165) is 18.7 Å². The van der Waals surface area contributed by atoms with Crippen LogP contribution in [0.5, 0.6) is 0 Å². The first kappa shape index (κ1) is 11.2. The second kappa shape index (κ2) is 5.10. The second-order valence-corrected chi connectivity index (χ2v) is 3.83. The number of nitrogens with zero attached hydrogens (tertiary/aromatic N) is 3. The molecule has 0 aliphatic rings. The summed E-state index contributed by atoms with van der Waals surface area (Å²) in [5.41, 5.74) is 0. The van der Waals surface area contributed by atoms with Crippen LogP contribution in [0, 0.1) is 0 Å². The highest BCUT2D eigenvalue weighted by Gasteiger charge is 2.08. The summed E-state index contributed by atoms with van der Waals surface area (Å²) in [6.07, 6.45) is 3.99. The monoisotopic (exact) mass is 197 g/mol. The van der Waals surface area contributed by atoms with Crippen LogP contribution in [0.25, 0.3) is 0 Å². The summed E-state index contributed by atoms with van der Waals surface area (Å²) in [5.74, 6) is 1.05. The molecule has 4 heteroatoms. The number of ether oxygens (including phenoxy) is 1. The van der Waals surface area contributed by atoms with Crippen LogP contribution in [0.1, 0.15) is 39.1 Å². The molecule has 0 amide bonds. The van der Waals surface area contributed by atoms with Gasteiger partial charge in [0.15, 0.2) is 0 Å². The summed E-state index contributed by atoms with van der Waals surface area (Å²) < 4.78 is 7.29. The average molecular weight is 197 g/mol. The van der Waals surface area contributed by atoms with Gasteiger partial charge in [-0.25, -0.2) is 0 Å². The van der Waals surface area contributed by atoms with E-state index in [1.54, 1.807) is 13.4 Å². The van der Waals surface area contributed by atoms with E-state index in [9.17, 15) is 0 Å². The van der Waals surface area contributed by atoms with Gasteiger partial charge in [0.05, 0.1) is 6.10 Å². The number of rotatable bonds is 5. The molecule has 1 rings (SSSR count). The molecule has 0 spiro atoms. The molecule has 0 fully saturated rings. The first-order chi connectivity index (χ1) is 6.65. The largest absolute Gasteiger partial charge is 0.382 e. The van der Waals surface area contributed by atoms with Crippen LogP contribution in [-0.4, -0.2) is 28.0 Å². The Morgan fingerprint density at radius 2 is 2.14 bits per heavy atom. The van der Waals surface area contributed by atoms with Crippen molar-refractivity contribution in [3.05, 3.63) is 12.2 Å². The van der Waals surface area contributed by atoms with Crippen molar-refractivity contribution >= 4 is 0 Å². The predicted octanol–water partition coefficient (Wildman–Crippen LogP) is 1.83. The third-order valence-corrected chi connectivity index (χ3v) is 2.38. The van der Waals surface area contributed by atoms with E-state index in [0.29, 0.717) is 6.04 Å². The molecule has 0 N–H and O–H groups in total. The van der Waals surface area contributed by atoms with Crippen LogP contribution in [0.4, 0.5) is 0 Å². The molecule has 1 aromatic rings. The van der Waals surface area contributed by atoms with Crippen LogP contribution in [0.3, 0.4) is 0 Å². The Balaban J connectivity index is 2.54. The Labute approximate surface area is 85.3 Å². The highest BCUT2D eigenvalue weighted by molar-refractivity contribution is 4.88. The predicted molar refractivity (Wildman–Crippen MR) is 55.2 cm³/mol. The van der Waals surface area contributed by atoms with Crippen molar-refractivity contribution < 1.29 is 4.74 Å². The standard InChI is InChI=1S/C10H19N3O/c1-8(2)13-7-11-12-10(13)6-5-9(3)14-4/h7-9H,5-6H2,1-4H3. The number of methoxy groups -OCH3 is 1. The molecule has 1 atom stereocenters. The van der Waals surface area contributed by atoms with Crippen LogP contribution < -0.4 is 0 Å². The molecule has 0 radical (unpaired) electrons. The minimum absolute atomic E-state index is 0.285. The third-order valence-electron chi connectivity index (χ3n) is 2.38. The summed E-state index contributed by atoms with van der Waals surface area (Å²) in [4.78, 5) is 0. The van der Waals surface area contributed by atoms with Crippen molar-refractivity contribution in [3.8, 4) is 0 Å².